The highest BCUT2D eigenvalue weighted by molar-refractivity contribution is 5.84. The van der Waals surface area contributed by atoms with Crippen LogP contribution in [-0.2, 0) is 9.59 Å². The highest BCUT2D eigenvalue weighted by Gasteiger charge is 2.34. The number of rotatable bonds is 5. The van der Waals surface area contributed by atoms with Crippen molar-refractivity contribution in [1.82, 2.24) is 10.2 Å². The average molecular weight is 242 g/mol. The van der Waals surface area contributed by atoms with E-state index in [4.69, 9.17) is 5.11 Å². The van der Waals surface area contributed by atoms with Crippen LogP contribution in [0.25, 0.3) is 0 Å². The minimum Gasteiger partial charge on any atom is -0.480 e. The topological polar surface area (TPSA) is 69.6 Å². The Morgan fingerprint density at radius 3 is 2.53 bits per heavy atom. The second kappa shape index (κ2) is 6.00. The van der Waals surface area contributed by atoms with Gasteiger partial charge in [-0.15, -0.1) is 0 Å². The molecule has 17 heavy (non-hydrogen) atoms. The van der Waals surface area contributed by atoms with Gasteiger partial charge in [0.25, 0.3) is 0 Å². The van der Waals surface area contributed by atoms with Gasteiger partial charge in [-0.05, 0) is 25.8 Å². The van der Waals surface area contributed by atoms with Crippen molar-refractivity contribution in [2.45, 2.75) is 33.2 Å². The first-order chi connectivity index (χ1) is 7.97. The Morgan fingerprint density at radius 2 is 2.12 bits per heavy atom. The SMILES string of the molecule is CCC(C)N(CC(=O)O)C(=O)C1CNCC1C. The standard InChI is InChI=1S/C12H22N2O3/c1-4-9(3)14(7-11(15)16)12(17)10-6-13-5-8(10)2/h8-10,13H,4-7H2,1-3H3,(H,15,16). The first-order valence-corrected chi connectivity index (χ1v) is 6.20. The molecule has 98 valence electrons. The van der Waals surface area contributed by atoms with Gasteiger partial charge in [0.05, 0.1) is 5.92 Å². The average Bonchev–Trinajstić information content (AvgIpc) is 2.70. The van der Waals surface area contributed by atoms with E-state index in [0.29, 0.717) is 6.54 Å². The Kier molecular flexibility index (Phi) is 4.93. The molecule has 1 fully saturated rings. The molecule has 1 rings (SSSR count). The molecule has 3 atom stereocenters. The summed E-state index contributed by atoms with van der Waals surface area (Å²) in [4.78, 5) is 24.6. The second-order valence-corrected chi connectivity index (χ2v) is 4.86. The van der Waals surface area contributed by atoms with Crippen molar-refractivity contribution < 1.29 is 14.7 Å². The lowest BCUT2D eigenvalue weighted by atomic mass is 9.96. The third-order valence-electron chi connectivity index (χ3n) is 3.55. The van der Waals surface area contributed by atoms with E-state index in [1.54, 1.807) is 0 Å². The van der Waals surface area contributed by atoms with Crippen molar-refractivity contribution in [1.29, 1.82) is 0 Å². The maximum atomic E-state index is 12.3. The normalized spacial score (nSPS) is 25.6. The van der Waals surface area contributed by atoms with Crippen LogP contribution in [0.3, 0.4) is 0 Å². The van der Waals surface area contributed by atoms with Crippen LogP contribution in [0.4, 0.5) is 0 Å². The van der Waals surface area contributed by atoms with Crippen LogP contribution in [0.2, 0.25) is 0 Å². The monoisotopic (exact) mass is 242 g/mol. The first kappa shape index (κ1) is 14.0. The lowest BCUT2D eigenvalue weighted by Gasteiger charge is -2.30. The Hall–Kier alpha value is -1.10. The summed E-state index contributed by atoms with van der Waals surface area (Å²) in [6.45, 7) is 7.18. The molecular formula is C12H22N2O3. The van der Waals surface area contributed by atoms with Gasteiger partial charge in [0.1, 0.15) is 6.54 Å². The van der Waals surface area contributed by atoms with Gasteiger partial charge in [0, 0.05) is 12.6 Å². The van der Waals surface area contributed by atoms with Crippen molar-refractivity contribution >= 4 is 11.9 Å². The molecular weight excluding hydrogens is 220 g/mol. The largest absolute Gasteiger partial charge is 0.480 e. The molecule has 5 heteroatoms. The fourth-order valence-electron chi connectivity index (χ4n) is 2.17. The Bertz CT molecular complexity index is 293. The van der Waals surface area contributed by atoms with Gasteiger partial charge in [-0.25, -0.2) is 0 Å². The molecule has 3 unspecified atom stereocenters. The molecule has 1 amide bonds. The number of hydrogen-bond acceptors (Lipinski definition) is 3. The number of carbonyl (C=O) groups excluding carboxylic acids is 1. The Labute approximate surface area is 102 Å². The lowest BCUT2D eigenvalue weighted by molar-refractivity contribution is -0.148. The first-order valence-electron chi connectivity index (χ1n) is 6.20. The number of carbonyl (C=O) groups is 2. The fraction of sp³-hybridized carbons (Fsp3) is 0.833. The van der Waals surface area contributed by atoms with E-state index >= 15 is 0 Å². The summed E-state index contributed by atoms with van der Waals surface area (Å²) in [5.41, 5.74) is 0. The molecule has 1 saturated heterocycles. The van der Waals surface area contributed by atoms with Crippen LogP contribution in [0.5, 0.6) is 0 Å². The predicted molar refractivity (Wildman–Crippen MR) is 64.6 cm³/mol. The third-order valence-corrected chi connectivity index (χ3v) is 3.55. The summed E-state index contributed by atoms with van der Waals surface area (Å²) in [6, 6.07) is -0.0219. The van der Waals surface area contributed by atoms with Crippen molar-refractivity contribution in [2.75, 3.05) is 19.6 Å². The summed E-state index contributed by atoms with van der Waals surface area (Å²) in [6.07, 6.45) is 0.771. The minimum absolute atomic E-state index is 0.0219. The fourth-order valence-corrected chi connectivity index (χ4v) is 2.17. The molecule has 1 aliphatic rings. The Balaban J connectivity index is 2.74. The Morgan fingerprint density at radius 1 is 1.47 bits per heavy atom. The van der Waals surface area contributed by atoms with Gasteiger partial charge in [0.2, 0.25) is 5.91 Å². The van der Waals surface area contributed by atoms with Crippen molar-refractivity contribution in [3.8, 4) is 0 Å². The molecule has 2 N–H and O–H groups in total. The maximum Gasteiger partial charge on any atom is 0.323 e. The number of carboxylic acid groups (broad SMARTS) is 1. The van der Waals surface area contributed by atoms with Crippen LogP contribution >= 0.6 is 0 Å². The number of nitrogens with zero attached hydrogens (tertiary/aromatic N) is 1. The van der Waals surface area contributed by atoms with Crippen LogP contribution in [0.1, 0.15) is 27.2 Å². The van der Waals surface area contributed by atoms with Crippen molar-refractivity contribution in [3.05, 3.63) is 0 Å². The quantitative estimate of drug-likeness (QED) is 0.739. The molecule has 5 nitrogen and oxygen atoms in total. The number of hydrogen-bond donors (Lipinski definition) is 2. The van der Waals surface area contributed by atoms with Gasteiger partial charge in [-0.2, -0.15) is 0 Å². The van der Waals surface area contributed by atoms with E-state index in [1.807, 2.05) is 20.8 Å². The molecule has 0 spiro atoms. The molecule has 0 aromatic rings. The second-order valence-electron chi connectivity index (χ2n) is 4.86. The summed E-state index contributed by atoms with van der Waals surface area (Å²) >= 11 is 0. The predicted octanol–water partition coefficient (Wildman–Crippen LogP) is 0.554. The van der Waals surface area contributed by atoms with E-state index in [-0.39, 0.29) is 30.3 Å². The zero-order valence-electron chi connectivity index (χ0n) is 10.8. The van der Waals surface area contributed by atoms with Gasteiger partial charge in [0.15, 0.2) is 0 Å². The zero-order valence-corrected chi connectivity index (χ0v) is 10.8. The van der Waals surface area contributed by atoms with E-state index in [0.717, 1.165) is 13.0 Å². The van der Waals surface area contributed by atoms with Gasteiger partial charge in [-0.1, -0.05) is 13.8 Å². The molecule has 0 aromatic heterocycles. The van der Waals surface area contributed by atoms with Crippen LogP contribution < -0.4 is 5.32 Å². The number of amides is 1. The molecule has 0 radical (unpaired) electrons. The van der Waals surface area contributed by atoms with Crippen LogP contribution in [-0.4, -0.2) is 47.6 Å². The zero-order chi connectivity index (χ0) is 13.0. The lowest BCUT2D eigenvalue weighted by Crippen LogP contribution is -2.46. The maximum absolute atomic E-state index is 12.3. The van der Waals surface area contributed by atoms with Gasteiger partial charge in [-0.3, -0.25) is 9.59 Å². The molecule has 0 bridgehead atoms. The summed E-state index contributed by atoms with van der Waals surface area (Å²) in [5, 5.41) is 12.0. The van der Waals surface area contributed by atoms with Crippen molar-refractivity contribution in [3.63, 3.8) is 0 Å². The number of carboxylic acids is 1. The highest BCUT2D eigenvalue weighted by Crippen LogP contribution is 2.20. The summed E-state index contributed by atoms with van der Waals surface area (Å²) < 4.78 is 0. The van der Waals surface area contributed by atoms with Gasteiger partial charge < -0.3 is 15.3 Å². The summed E-state index contributed by atoms with van der Waals surface area (Å²) in [7, 11) is 0. The smallest absolute Gasteiger partial charge is 0.323 e. The number of aliphatic carboxylic acids is 1. The minimum atomic E-state index is -0.947. The van der Waals surface area contributed by atoms with E-state index in [2.05, 4.69) is 5.32 Å². The van der Waals surface area contributed by atoms with E-state index in [9.17, 15) is 9.59 Å². The molecule has 1 heterocycles. The van der Waals surface area contributed by atoms with Crippen LogP contribution in [0, 0.1) is 11.8 Å². The molecule has 1 aliphatic heterocycles. The third kappa shape index (κ3) is 3.43. The van der Waals surface area contributed by atoms with E-state index in [1.165, 1.54) is 4.90 Å². The molecule has 0 aromatic carbocycles. The van der Waals surface area contributed by atoms with Crippen molar-refractivity contribution in [2.24, 2.45) is 11.8 Å². The van der Waals surface area contributed by atoms with E-state index < -0.39 is 5.97 Å². The summed E-state index contributed by atoms with van der Waals surface area (Å²) in [5.74, 6) is -0.775. The molecule has 0 aliphatic carbocycles. The molecule has 0 saturated carbocycles. The highest BCUT2D eigenvalue weighted by atomic mass is 16.4. The van der Waals surface area contributed by atoms with Crippen LogP contribution in [0.15, 0.2) is 0 Å². The van der Waals surface area contributed by atoms with Gasteiger partial charge >= 0.3 is 5.97 Å². The number of nitrogens with one attached hydrogen (secondary N) is 1.